The second-order valence-corrected chi connectivity index (χ2v) is 8.15. The summed E-state index contributed by atoms with van der Waals surface area (Å²) >= 11 is 0. The lowest BCUT2D eigenvalue weighted by Gasteiger charge is -2.32. The summed E-state index contributed by atoms with van der Waals surface area (Å²) in [6.07, 6.45) is 5.81. The molecule has 1 aromatic rings. The molecule has 1 heterocycles. The molecule has 2 amide bonds. The van der Waals surface area contributed by atoms with E-state index in [1.165, 1.54) is 19.3 Å². The third kappa shape index (κ3) is 4.18. The van der Waals surface area contributed by atoms with Crippen LogP contribution in [0.2, 0.25) is 0 Å². The largest absolute Gasteiger partial charge is 0.494 e. The van der Waals surface area contributed by atoms with Gasteiger partial charge >= 0.3 is 13.1 Å². The van der Waals surface area contributed by atoms with Gasteiger partial charge < -0.3 is 19.9 Å². The van der Waals surface area contributed by atoms with Gasteiger partial charge in [-0.05, 0) is 58.1 Å². The highest BCUT2D eigenvalue weighted by Gasteiger charge is 2.51. The predicted molar refractivity (Wildman–Crippen MR) is 101 cm³/mol. The highest BCUT2D eigenvalue weighted by molar-refractivity contribution is 6.62. The van der Waals surface area contributed by atoms with Crippen molar-refractivity contribution >= 4 is 24.3 Å². The molecule has 136 valence electrons. The van der Waals surface area contributed by atoms with Crippen LogP contribution in [0.25, 0.3) is 0 Å². The van der Waals surface area contributed by atoms with Crippen molar-refractivity contribution in [2.45, 2.75) is 77.0 Å². The van der Waals surface area contributed by atoms with Gasteiger partial charge in [-0.25, -0.2) is 4.79 Å². The summed E-state index contributed by atoms with van der Waals surface area (Å²) in [5.41, 5.74) is 0.911. The Bertz CT molecular complexity index is 611. The quantitative estimate of drug-likeness (QED) is 0.826. The molecule has 0 radical (unpaired) electrons. The Balaban J connectivity index is 1.63. The fourth-order valence-electron chi connectivity index (χ4n) is 3.34. The Labute approximate surface area is 151 Å². The second kappa shape index (κ2) is 7.00. The van der Waals surface area contributed by atoms with Gasteiger partial charge in [-0.2, -0.15) is 0 Å². The van der Waals surface area contributed by atoms with Crippen molar-refractivity contribution in [3.05, 3.63) is 24.3 Å². The number of benzene rings is 1. The van der Waals surface area contributed by atoms with Crippen LogP contribution < -0.4 is 16.1 Å². The number of rotatable bonds is 3. The zero-order chi connectivity index (χ0) is 18.1. The Morgan fingerprint density at radius 2 is 1.72 bits per heavy atom. The van der Waals surface area contributed by atoms with Crippen molar-refractivity contribution in [1.82, 2.24) is 5.32 Å². The van der Waals surface area contributed by atoms with Gasteiger partial charge in [0.25, 0.3) is 0 Å². The van der Waals surface area contributed by atoms with Crippen LogP contribution in [-0.2, 0) is 9.31 Å². The fraction of sp³-hybridized carbons (Fsp3) is 0.632. The molecule has 2 N–H and O–H groups in total. The molecule has 1 aromatic carbocycles. The first-order chi connectivity index (χ1) is 11.8. The molecule has 0 unspecified atom stereocenters. The number of urea groups is 1. The van der Waals surface area contributed by atoms with Gasteiger partial charge in [0.15, 0.2) is 0 Å². The SMILES string of the molecule is CC1(C)OB(c2cccc(NC(=O)NC3CCCCC3)c2)OC1(C)C. The zero-order valence-electron chi connectivity index (χ0n) is 15.7. The van der Waals surface area contributed by atoms with Crippen LogP contribution in [0.5, 0.6) is 0 Å². The minimum Gasteiger partial charge on any atom is -0.399 e. The van der Waals surface area contributed by atoms with E-state index in [4.69, 9.17) is 9.31 Å². The fourth-order valence-corrected chi connectivity index (χ4v) is 3.34. The Morgan fingerprint density at radius 3 is 2.36 bits per heavy atom. The maximum absolute atomic E-state index is 12.2. The van der Waals surface area contributed by atoms with E-state index in [1.807, 2.05) is 52.0 Å². The Hall–Kier alpha value is -1.53. The van der Waals surface area contributed by atoms with Crippen LogP contribution in [0.15, 0.2) is 24.3 Å². The van der Waals surface area contributed by atoms with E-state index in [0.29, 0.717) is 6.04 Å². The van der Waals surface area contributed by atoms with Crippen LogP contribution in [0, 0.1) is 0 Å². The monoisotopic (exact) mass is 344 g/mol. The normalized spacial score (nSPS) is 22.6. The summed E-state index contributed by atoms with van der Waals surface area (Å²) in [6, 6.07) is 7.83. The molecule has 0 aromatic heterocycles. The number of nitrogens with one attached hydrogen (secondary N) is 2. The van der Waals surface area contributed by atoms with Crippen LogP contribution in [0.4, 0.5) is 10.5 Å². The molecule has 0 bridgehead atoms. The molecule has 1 aliphatic heterocycles. The second-order valence-electron chi connectivity index (χ2n) is 8.15. The van der Waals surface area contributed by atoms with Crippen molar-refractivity contribution in [3.8, 4) is 0 Å². The molecule has 25 heavy (non-hydrogen) atoms. The van der Waals surface area contributed by atoms with E-state index in [-0.39, 0.29) is 17.2 Å². The molecule has 3 rings (SSSR count). The first kappa shape index (κ1) is 18.3. The van der Waals surface area contributed by atoms with E-state index in [9.17, 15) is 4.79 Å². The third-order valence-corrected chi connectivity index (χ3v) is 5.61. The van der Waals surface area contributed by atoms with Crippen LogP contribution in [0.1, 0.15) is 59.8 Å². The van der Waals surface area contributed by atoms with Crippen molar-refractivity contribution in [2.24, 2.45) is 0 Å². The van der Waals surface area contributed by atoms with Crippen LogP contribution in [-0.4, -0.2) is 30.4 Å². The number of amides is 2. The average molecular weight is 344 g/mol. The van der Waals surface area contributed by atoms with E-state index >= 15 is 0 Å². The molecule has 2 fully saturated rings. The van der Waals surface area contributed by atoms with E-state index in [0.717, 1.165) is 24.0 Å². The highest BCUT2D eigenvalue weighted by Crippen LogP contribution is 2.36. The van der Waals surface area contributed by atoms with E-state index in [1.54, 1.807) is 0 Å². The molecule has 0 spiro atoms. The molecule has 1 saturated carbocycles. The highest BCUT2D eigenvalue weighted by atomic mass is 16.7. The number of anilines is 1. The minimum atomic E-state index is -0.423. The lowest BCUT2D eigenvalue weighted by Crippen LogP contribution is -2.41. The summed E-state index contributed by atoms with van der Waals surface area (Å²) in [5.74, 6) is 0. The van der Waals surface area contributed by atoms with Crippen LogP contribution in [0.3, 0.4) is 0 Å². The number of carbonyl (C=O) groups is 1. The van der Waals surface area contributed by atoms with Crippen molar-refractivity contribution in [1.29, 1.82) is 0 Å². The Morgan fingerprint density at radius 1 is 1.08 bits per heavy atom. The average Bonchev–Trinajstić information content (AvgIpc) is 2.76. The molecule has 0 atom stereocenters. The van der Waals surface area contributed by atoms with E-state index < -0.39 is 7.12 Å². The van der Waals surface area contributed by atoms with Gasteiger partial charge in [-0.15, -0.1) is 0 Å². The van der Waals surface area contributed by atoms with Gasteiger partial charge in [0.05, 0.1) is 11.2 Å². The standard InChI is InChI=1S/C19H29BN2O3/c1-18(2)19(3,4)25-20(24-18)14-9-8-12-16(13-14)22-17(23)21-15-10-6-5-7-11-15/h8-9,12-13,15H,5-7,10-11H2,1-4H3,(H2,21,22,23). The number of hydrogen-bond acceptors (Lipinski definition) is 3. The maximum Gasteiger partial charge on any atom is 0.494 e. The Kier molecular flexibility index (Phi) is 5.12. The molecular weight excluding hydrogens is 315 g/mol. The maximum atomic E-state index is 12.2. The lowest BCUT2D eigenvalue weighted by molar-refractivity contribution is 0.00578. The summed E-state index contributed by atoms with van der Waals surface area (Å²) in [4.78, 5) is 12.2. The molecule has 6 heteroatoms. The van der Waals surface area contributed by atoms with Crippen molar-refractivity contribution in [2.75, 3.05) is 5.32 Å². The summed E-state index contributed by atoms with van der Waals surface area (Å²) in [5, 5.41) is 6.00. The first-order valence-electron chi connectivity index (χ1n) is 9.30. The molecule has 1 saturated heterocycles. The third-order valence-electron chi connectivity index (χ3n) is 5.61. The smallest absolute Gasteiger partial charge is 0.399 e. The molecule has 2 aliphatic rings. The van der Waals surface area contributed by atoms with Gasteiger partial charge in [0.2, 0.25) is 0 Å². The summed E-state index contributed by atoms with van der Waals surface area (Å²) < 4.78 is 12.2. The summed E-state index contributed by atoms with van der Waals surface area (Å²) in [7, 11) is -0.423. The van der Waals surface area contributed by atoms with Gasteiger partial charge in [0.1, 0.15) is 0 Å². The number of carbonyl (C=O) groups excluding carboxylic acids is 1. The number of hydrogen-bond donors (Lipinski definition) is 2. The zero-order valence-corrected chi connectivity index (χ0v) is 15.7. The van der Waals surface area contributed by atoms with Gasteiger partial charge in [-0.1, -0.05) is 31.4 Å². The lowest BCUT2D eigenvalue weighted by atomic mass is 9.79. The summed E-state index contributed by atoms with van der Waals surface area (Å²) in [6.45, 7) is 8.14. The van der Waals surface area contributed by atoms with E-state index in [2.05, 4.69) is 10.6 Å². The van der Waals surface area contributed by atoms with Crippen molar-refractivity contribution < 1.29 is 14.1 Å². The van der Waals surface area contributed by atoms with Crippen molar-refractivity contribution in [3.63, 3.8) is 0 Å². The minimum absolute atomic E-state index is 0.141. The topological polar surface area (TPSA) is 59.6 Å². The van der Waals surface area contributed by atoms with Gasteiger partial charge in [0, 0.05) is 11.7 Å². The predicted octanol–water partition coefficient (Wildman–Crippen LogP) is 3.44. The molecule has 5 nitrogen and oxygen atoms in total. The van der Waals surface area contributed by atoms with Crippen LogP contribution >= 0.6 is 0 Å². The first-order valence-corrected chi connectivity index (χ1v) is 9.30. The molecule has 1 aliphatic carbocycles. The van der Waals surface area contributed by atoms with Gasteiger partial charge in [-0.3, -0.25) is 0 Å². The molecular formula is C19H29BN2O3.